The Labute approximate surface area is 158 Å². The number of anilines is 1. The lowest BCUT2D eigenvalue weighted by Gasteiger charge is -2.32. The zero-order valence-electron chi connectivity index (χ0n) is 15.1. The van der Waals surface area contributed by atoms with Crippen molar-refractivity contribution in [3.8, 4) is 5.75 Å². The minimum Gasteiger partial charge on any atom is -0.506 e. The number of nitrogens with one attached hydrogen (secondary N) is 1. The third-order valence-corrected chi connectivity index (χ3v) is 6.39. The first-order chi connectivity index (χ1) is 12.8. The Morgan fingerprint density at radius 3 is 2.59 bits per heavy atom. The summed E-state index contributed by atoms with van der Waals surface area (Å²) in [7, 11) is -2.48. The van der Waals surface area contributed by atoms with E-state index in [0.29, 0.717) is 22.3 Å². The first kappa shape index (κ1) is 19.8. The molecule has 0 spiro atoms. The number of carbonyl (C=O) groups is 1. The van der Waals surface area contributed by atoms with E-state index >= 15 is 0 Å². The van der Waals surface area contributed by atoms with Crippen LogP contribution in [0.1, 0.15) is 24.8 Å². The minimum absolute atomic E-state index is 0.464. The van der Waals surface area contributed by atoms with Crippen molar-refractivity contribution >= 4 is 21.8 Å². The predicted octanol–water partition coefficient (Wildman–Crippen LogP) is 0.961. The summed E-state index contributed by atoms with van der Waals surface area (Å²) in [4.78, 5) is 13.5. The predicted molar refractivity (Wildman–Crippen MR) is 97.0 cm³/mol. The molecule has 0 atom stereocenters. The van der Waals surface area contributed by atoms with Gasteiger partial charge in [0.15, 0.2) is 5.82 Å². The summed E-state index contributed by atoms with van der Waals surface area (Å²) in [5.41, 5.74) is 0.0512. The number of benzene rings is 1. The van der Waals surface area contributed by atoms with E-state index in [9.17, 15) is 22.7 Å². The van der Waals surface area contributed by atoms with Gasteiger partial charge in [-0.2, -0.15) is 8.42 Å². The maximum Gasteiger partial charge on any atom is 0.326 e. The Morgan fingerprint density at radius 2 is 2.04 bits per heavy atom. The average molecular weight is 401 g/mol. The van der Waals surface area contributed by atoms with E-state index in [1.807, 2.05) is 0 Å². The molecule has 10 heteroatoms. The normalized spacial score (nSPS) is 20.8. The largest absolute Gasteiger partial charge is 0.506 e. The standard InChI is InChI=1S/C17H24FN3O5S/c1-26-7-4-12-2-5-20(6-3-12)10-13-8-14(18)17(15(22)9-13)21-11-16(23)19-27(21,24)25/h8-9,12,22H,2-7,10-11H2,1H3,(H,19,23). The lowest BCUT2D eigenvalue weighted by Crippen LogP contribution is -2.33. The number of hydrogen-bond acceptors (Lipinski definition) is 6. The number of phenolic OH excluding ortho intramolecular Hbond substituents is 1. The molecule has 2 aliphatic heterocycles. The number of rotatable bonds is 6. The van der Waals surface area contributed by atoms with Gasteiger partial charge in [0, 0.05) is 20.3 Å². The smallest absolute Gasteiger partial charge is 0.326 e. The molecule has 2 saturated heterocycles. The fourth-order valence-electron chi connectivity index (χ4n) is 3.60. The van der Waals surface area contributed by atoms with Gasteiger partial charge in [-0.1, -0.05) is 0 Å². The van der Waals surface area contributed by atoms with Crippen LogP contribution in [0.2, 0.25) is 0 Å². The summed E-state index contributed by atoms with van der Waals surface area (Å²) in [6, 6.07) is 2.57. The lowest BCUT2D eigenvalue weighted by molar-refractivity contribution is -0.117. The summed E-state index contributed by atoms with van der Waals surface area (Å²) in [5, 5.41) is 10.2. The van der Waals surface area contributed by atoms with Gasteiger partial charge in [0.25, 0.3) is 5.91 Å². The number of amides is 1. The average Bonchev–Trinajstić information content (AvgIpc) is 2.86. The molecule has 0 aliphatic carbocycles. The van der Waals surface area contributed by atoms with Crippen LogP contribution < -0.4 is 9.03 Å². The molecular weight excluding hydrogens is 377 g/mol. The molecule has 8 nitrogen and oxygen atoms in total. The lowest BCUT2D eigenvalue weighted by atomic mass is 9.93. The number of halogens is 1. The first-order valence-corrected chi connectivity index (χ1v) is 10.3. The third-order valence-electron chi connectivity index (χ3n) is 5.02. The minimum atomic E-state index is -4.18. The topological polar surface area (TPSA) is 99.2 Å². The highest BCUT2D eigenvalue weighted by molar-refractivity contribution is 7.92. The van der Waals surface area contributed by atoms with Crippen LogP contribution in [-0.2, 0) is 26.3 Å². The van der Waals surface area contributed by atoms with E-state index < -0.39 is 39.9 Å². The van der Waals surface area contributed by atoms with Crippen LogP contribution in [0, 0.1) is 11.7 Å². The number of piperidine rings is 1. The Bertz CT molecular complexity index is 786. The van der Waals surface area contributed by atoms with Gasteiger partial charge in [-0.3, -0.25) is 9.69 Å². The molecule has 2 fully saturated rings. The molecule has 1 aromatic rings. The molecule has 27 heavy (non-hydrogen) atoms. The number of likely N-dealkylation sites (tertiary alicyclic amines) is 1. The number of ether oxygens (including phenoxy) is 1. The van der Waals surface area contributed by atoms with Crippen molar-refractivity contribution < 1.29 is 27.4 Å². The highest BCUT2D eigenvalue weighted by Crippen LogP contribution is 2.35. The fraction of sp³-hybridized carbons (Fsp3) is 0.588. The number of aromatic hydroxyl groups is 1. The van der Waals surface area contributed by atoms with Gasteiger partial charge in [-0.25, -0.2) is 13.4 Å². The van der Waals surface area contributed by atoms with Gasteiger partial charge in [0.05, 0.1) is 0 Å². The molecule has 0 bridgehead atoms. The number of phenols is 1. The van der Waals surface area contributed by atoms with E-state index in [1.165, 1.54) is 12.1 Å². The second-order valence-electron chi connectivity index (χ2n) is 6.98. The van der Waals surface area contributed by atoms with Crippen molar-refractivity contribution in [3.05, 3.63) is 23.5 Å². The quantitative estimate of drug-likeness (QED) is 0.737. The van der Waals surface area contributed by atoms with Crippen LogP contribution in [0.15, 0.2) is 12.1 Å². The first-order valence-electron chi connectivity index (χ1n) is 8.86. The summed E-state index contributed by atoms with van der Waals surface area (Å²) < 4.78 is 45.7. The van der Waals surface area contributed by atoms with Crippen LogP contribution in [0.3, 0.4) is 0 Å². The van der Waals surface area contributed by atoms with Crippen LogP contribution in [0.25, 0.3) is 0 Å². The van der Waals surface area contributed by atoms with Gasteiger partial charge in [-0.15, -0.1) is 0 Å². The molecule has 2 heterocycles. The van der Waals surface area contributed by atoms with Crippen molar-refractivity contribution in [1.29, 1.82) is 0 Å². The van der Waals surface area contributed by atoms with Gasteiger partial charge < -0.3 is 9.84 Å². The summed E-state index contributed by atoms with van der Waals surface area (Å²) in [5.74, 6) is -1.52. The molecule has 1 aromatic carbocycles. The highest BCUT2D eigenvalue weighted by Gasteiger charge is 2.37. The molecule has 0 unspecified atom stereocenters. The van der Waals surface area contributed by atoms with Crippen molar-refractivity contribution in [3.63, 3.8) is 0 Å². The molecule has 1 amide bonds. The van der Waals surface area contributed by atoms with Crippen LogP contribution in [-0.4, -0.2) is 57.7 Å². The van der Waals surface area contributed by atoms with Crippen molar-refractivity contribution in [2.45, 2.75) is 25.8 Å². The molecule has 150 valence electrons. The SMILES string of the molecule is COCCC1CCN(Cc2cc(O)c(N3CC(=O)NS3(=O)=O)c(F)c2)CC1. The second kappa shape index (κ2) is 7.99. The Balaban J connectivity index is 1.68. The van der Waals surface area contributed by atoms with Gasteiger partial charge >= 0.3 is 10.2 Å². The zero-order valence-corrected chi connectivity index (χ0v) is 16.0. The Morgan fingerprint density at radius 1 is 1.33 bits per heavy atom. The molecule has 0 aromatic heterocycles. The summed E-state index contributed by atoms with van der Waals surface area (Å²) in [6.07, 6.45) is 3.11. The van der Waals surface area contributed by atoms with Crippen molar-refractivity contribution in [2.75, 3.05) is 37.7 Å². The number of nitrogens with zero attached hydrogens (tertiary/aromatic N) is 2. The number of hydrogen-bond donors (Lipinski definition) is 2. The van der Waals surface area contributed by atoms with Crippen LogP contribution in [0.5, 0.6) is 5.75 Å². The van der Waals surface area contributed by atoms with Gasteiger partial charge in [0.1, 0.15) is 18.0 Å². The summed E-state index contributed by atoms with van der Waals surface area (Å²) >= 11 is 0. The maximum absolute atomic E-state index is 14.6. The van der Waals surface area contributed by atoms with Crippen LogP contribution >= 0.6 is 0 Å². The summed E-state index contributed by atoms with van der Waals surface area (Å²) in [6.45, 7) is 2.41. The third kappa shape index (κ3) is 4.50. The fourth-order valence-corrected chi connectivity index (χ4v) is 4.77. The zero-order chi connectivity index (χ0) is 19.6. The van der Waals surface area contributed by atoms with E-state index in [0.717, 1.165) is 39.0 Å². The Kier molecular flexibility index (Phi) is 5.87. The van der Waals surface area contributed by atoms with E-state index in [-0.39, 0.29) is 0 Å². The molecule has 0 saturated carbocycles. The van der Waals surface area contributed by atoms with Gasteiger partial charge in [0.2, 0.25) is 0 Å². The second-order valence-corrected chi connectivity index (χ2v) is 8.58. The van der Waals surface area contributed by atoms with Crippen molar-refractivity contribution in [2.24, 2.45) is 5.92 Å². The number of carbonyl (C=O) groups excluding carboxylic acids is 1. The molecule has 0 radical (unpaired) electrons. The Hall–Kier alpha value is -1.91. The molecule has 3 rings (SSSR count). The van der Waals surface area contributed by atoms with Crippen molar-refractivity contribution in [1.82, 2.24) is 9.62 Å². The van der Waals surface area contributed by atoms with Gasteiger partial charge in [-0.05, 0) is 56.0 Å². The highest BCUT2D eigenvalue weighted by atomic mass is 32.2. The molecular formula is C17H24FN3O5S. The van der Waals surface area contributed by atoms with Crippen LogP contribution in [0.4, 0.5) is 10.1 Å². The molecule has 2 aliphatic rings. The molecule has 2 N–H and O–H groups in total. The maximum atomic E-state index is 14.6. The van der Waals surface area contributed by atoms with E-state index in [4.69, 9.17) is 4.74 Å². The monoisotopic (exact) mass is 401 g/mol. The van der Waals surface area contributed by atoms with E-state index in [1.54, 1.807) is 11.8 Å². The number of methoxy groups -OCH3 is 1. The van der Waals surface area contributed by atoms with E-state index in [2.05, 4.69) is 4.90 Å².